The first-order valence-electron chi connectivity index (χ1n) is 7.05. The third-order valence-electron chi connectivity index (χ3n) is 4.01. The van der Waals surface area contributed by atoms with Gasteiger partial charge in [-0.2, -0.15) is 0 Å². The molecule has 0 bridgehead atoms. The Kier molecular flexibility index (Phi) is 4.80. The molecule has 0 radical (unpaired) electrons. The fourth-order valence-electron chi connectivity index (χ4n) is 2.80. The first-order chi connectivity index (χ1) is 8.29. The molecule has 1 atom stereocenters. The second-order valence-corrected chi connectivity index (χ2v) is 5.21. The van der Waals surface area contributed by atoms with Crippen molar-refractivity contribution in [3.63, 3.8) is 0 Å². The van der Waals surface area contributed by atoms with Crippen LogP contribution in [-0.4, -0.2) is 49.1 Å². The Bertz CT molecular complexity index is 249. The third-order valence-corrected chi connectivity index (χ3v) is 4.01. The van der Waals surface area contributed by atoms with E-state index in [0.717, 1.165) is 32.4 Å². The smallest absolute Gasteiger partial charge is 0.237 e. The van der Waals surface area contributed by atoms with E-state index in [4.69, 9.17) is 0 Å². The fraction of sp³-hybridized carbons (Fsp3) is 0.923. The number of carbonyl (C=O) groups is 1. The molecule has 0 spiro atoms. The molecular formula is C13H25N3O. The number of rotatable bonds is 3. The van der Waals surface area contributed by atoms with Gasteiger partial charge in [-0.15, -0.1) is 0 Å². The Labute approximate surface area is 104 Å². The summed E-state index contributed by atoms with van der Waals surface area (Å²) in [5.74, 6) is 0.209. The number of nitrogens with zero attached hydrogens (tertiary/aromatic N) is 1. The van der Waals surface area contributed by atoms with Crippen molar-refractivity contribution in [2.75, 3.05) is 26.2 Å². The van der Waals surface area contributed by atoms with Gasteiger partial charge in [0, 0.05) is 12.6 Å². The van der Waals surface area contributed by atoms with Gasteiger partial charge < -0.3 is 15.5 Å². The molecule has 4 nitrogen and oxygen atoms in total. The highest BCUT2D eigenvalue weighted by molar-refractivity contribution is 5.81. The molecule has 0 aromatic carbocycles. The second-order valence-electron chi connectivity index (χ2n) is 5.21. The molecule has 17 heavy (non-hydrogen) atoms. The fourth-order valence-corrected chi connectivity index (χ4v) is 2.80. The summed E-state index contributed by atoms with van der Waals surface area (Å²) in [6.45, 7) is 6.56. The molecule has 98 valence electrons. The van der Waals surface area contributed by atoms with E-state index in [0.29, 0.717) is 6.04 Å². The van der Waals surface area contributed by atoms with Crippen LogP contribution in [0.5, 0.6) is 0 Å². The second kappa shape index (κ2) is 6.36. The summed E-state index contributed by atoms with van der Waals surface area (Å²) in [6.07, 6.45) is 5.64. The number of likely N-dealkylation sites (tertiary alicyclic amines) is 1. The molecule has 2 saturated heterocycles. The van der Waals surface area contributed by atoms with Crippen molar-refractivity contribution in [2.45, 2.75) is 51.1 Å². The van der Waals surface area contributed by atoms with Gasteiger partial charge in [0.05, 0.1) is 6.04 Å². The lowest BCUT2D eigenvalue weighted by atomic mass is 10.0. The maximum absolute atomic E-state index is 11.8. The van der Waals surface area contributed by atoms with Gasteiger partial charge in [-0.3, -0.25) is 4.79 Å². The van der Waals surface area contributed by atoms with Crippen molar-refractivity contribution in [1.82, 2.24) is 15.5 Å². The summed E-state index contributed by atoms with van der Waals surface area (Å²) in [7, 11) is 0. The normalized spacial score (nSPS) is 28.8. The molecular weight excluding hydrogens is 214 g/mol. The van der Waals surface area contributed by atoms with Crippen LogP contribution in [0.1, 0.15) is 39.0 Å². The number of piperidine rings is 1. The zero-order valence-electron chi connectivity index (χ0n) is 10.9. The van der Waals surface area contributed by atoms with Crippen LogP contribution in [0.15, 0.2) is 0 Å². The Morgan fingerprint density at radius 3 is 2.76 bits per heavy atom. The summed E-state index contributed by atoms with van der Waals surface area (Å²) in [4.78, 5) is 14.3. The van der Waals surface area contributed by atoms with Crippen LogP contribution in [0.2, 0.25) is 0 Å². The number of amides is 1. The predicted octanol–water partition coefficient (Wildman–Crippen LogP) is 0.729. The van der Waals surface area contributed by atoms with Gasteiger partial charge in [0.2, 0.25) is 5.91 Å². The van der Waals surface area contributed by atoms with Crippen LogP contribution in [-0.2, 0) is 4.79 Å². The van der Waals surface area contributed by atoms with Crippen LogP contribution < -0.4 is 10.6 Å². The van der Waals surface area contributed by atoms with Gasteiger partial charge in [-0.25, -0.2) is 0 Å². The maximum atomic E-state index is 11.8. The van der Waals surface area contributed by atoms with E-state index in [9.17, 15) is 4.79 Å². The van der Waals surface area contributed by atoms with Gasteiger partial charge >= 0.3 is 0 Å². The Morgan fingerprint density at radius 2 is 2.06 bits per heavy atom. The quantitative estimate of drug-likeness (QED) is 0.763. The average molecular weight is 239 g/mol. The highest BCUT2D eigenvalue weighted by Crippen LogP contribution is 2.13. The Balaban J connectivity index is 1.78. The molecule has 0 aliphatic carbocycles. The highest BCUT2D eigenvalue weighted by Gasteiger charge is 2.25. The SMILES string of the molecule is CCN1CCC(N[C@@H]2CCCCNC2=O)CC1. The van der Waals surface area contributed by atoms with E-state index in [1.165, 1.54) is 25.9 Å². The van der Waals surface area contributed by atoms with E-state index in [1.54, 1.807) is 0 Å². The van der Waals surface area contributed by atoms with Gasteiger partial charge in [0.15, 0.2) is 0 Å². The monoisotopic (exact) mass is 239 g/mol. The van der Waals surface area contributed by atoms with E-state index in [2.05, 4.69) is 22.5 Å². The first-order valence-corrected chi connectivity index (χ1v) is 7.05. The van der Waals surface area contributed by atoms with Crippen molar-refractivity contribution in [3.05, 3.63) is 0 Å². The van der Waals surface area contributed by atoms with E-state index in [1.807, 2.05) is 0 Å². The van der Waals surface area contributed by atoms with Crippen molar-refractivity contribution in [2.24, 2.45) is 0 Å². The lowest BCUT2D eigenvalue weighted by Gasteiger charge is -2.33. The standard InChI is InChI=1S/C13H25N3O/c1-2-16-9-6-11(7-10-16)15-12-5-3-4-8-14-13(12)17/h11-12,15H,2-10H2,1H3,(H,14,17)/t12-/m1/s1. The molecule has 2 aliphatic heterocycles. The number of carbonyl (C=O) groups excluding carboxylic acids is 1. The molecule has 4 heteroatoms. The molecule has 2 aliphatic rings. The lowest BCUT2D eigenvalue weighted by Crippen LogP contribution is -2.50. The zero-order valence-corrected chi connectivity index (χ0v) is 10.9. The van der Waals surface area contributed by atoms with Crippen LogP contribution >= 0.6 is 0 Å². The molecule has 1 amide bonds. The van der Waals surface area contributed by atoms with Gasteiger partial charge in [0.1, 0.15) is 0 Å². The average Bonchev–Trinajstić information content (AvgIpc) is 2.56. The molecule has 2 fully saturated rings. The van der Waals surface area contributed by atoms with Gasteiger partial charge in [0.25, 0.3) is 0 Å². The third kappa shape index (κ3) is 3.68. The zero-order chi connectivity index (χ0) is 12.1. The molecule has 0 aromatic rings. The van der Waals surface area contributed by atoms with E-state index < -0.39 is 0 Å². The summed E-state index contributed by atoms with van der Waals surface area (Å²) in [5, 5.41) is 6.55. The predicted molar refractivity (Wildman–Crippen MR) is 68.9 cm³/mol. The van der Waals surface area contributed by atoms with Crippen molar-refractivity contribution < 1.29 is 4.79 Å². The lowest BCUT2D eigenvalue weighted by molar-refractivity contribution is -0.123. The molecule has 0 aromatic heterocycles. The highest BCUT2D eigenvalue weighted by atomic mass is 16.2. The van der Waals surface area contributed by atoms with Crippen molar-refractivity contribution in [1.29, 1.82) is 0 Å². The summed E-state index contributed by atoms with van der Waals surface area (Å²) in [6, 6.07) is 0.585. The minimum atomic E-state index is 0.0516. The summed E-state index contributed by atoms with van der Waals surface area (Å²) >= 11 is 0. The van der Waals surface area contributed by atoms with Crippen LogP contribution in [0, 0.1) is 0 Å². The Morgan fingerprint density at radius 1 is 1.29 bits per heavy atom. The van der Waals surface area contributed by atoms with Gasteiger partial charge in [-0.05, 0) is 51.7 Å². The number of hydrogen-bond donors (Lipinski definition) is 2. The maximum Gasteiger partial charge on any atom is 0.237 e. The molecule has 2 N–H and O–H groups in total. The summed E-state index contributed by atoms with van der Waals surface area (Å²) in [5.41, 5.74) is 0. The largest absolute Gasteiger partial charge is 0.355 e. The van der Waals surface area contributed by atoms with Gasteiger partial charge in [-0.1, -0.05) is 6.92 Å². The van der Waals surface area contributed by atoms with E-state index >= 15 is 0 Å². The van der Waals surface area contributed by atoms with E-state index in [-0.39, 0.29) is 11.9 Å². The van der Waals surface area contributed by atoms with Crippen molar-refractivity contribution >= 4 is 5.91 Å². The van der Waals surface area contributed by atoms with Crippen molar-refractivity contribution in [3.8, 4) is 0 Å². The molecule has 0 unspecified atom stereocenters. The number of hydrogen-bond acceptors (Lipinski definition) is 3. The first kappa shape index (κ1) is 12.8. The molecule has 0 saturated carbocycles. The topological polar surface area (TPSA) is 44.4 Å². The minimum Gasteiger partial charge on any atom is -0.355 e. The minimum absolute atomic E-state index is 0.0516. The van der Waals surface area contributed by atoms with Crippen LogP contribution in [0.4, 0.5) is 0 Å². The molecule has 2 rings (SSSR count). The Hall–Kier alpha value is -0.610. The van der Waals surface area contributed by atoms with Crippen LogP contribution in [0.3, 0.4) is 0 Å². The number of nitrogens with one attached hydrogen (secondary N) is 2. The molecule has 2 heterocycles. The van der Waals surface area contributed by atoms with Crippen LogP contribution in [0.25, 0.3) is 0 Å². The summed E-state index contributed by atoms with van der Waals surface area (Å²) < 4.78 is 0.